The Hall–Kier alpha value is -2.80. The Morgan fingerprint density at radius 2 is 1.82 bits per heavy atom. The first kappa shape index (κ1) is 28.2. The van der Waals surface area contributed by atoms with E-state index in [1.165, 1.54) is 35.6 Å². The minimum atomic E-state index is -3.67. The number of amides is 4. The predicted molar refractivity (Wildman–Crippen MR) is 147 cm³/mol. The summed E-state index contributed by atoms with van der Waals surface area (Å²) in [6.45, 7) is 8.06. The Balaban J connectivity index is 1.58. The highest BCUT2D eigenvalue weighted by atomic mass is 32.2. The summed E-state index contributed by atoms with van der Waals surface area (Å²) in [5, 5.41) is 5.26. The molecule has 2 aliphatic heterocycles. The summed E-state index contributed by atoms with van der Waals surface area (Å²) >= 11 is 1.30. The maximum atomic E-state index is 13.3. The van der Waals surface area contributed by atoms with Gasteiger partial charge in [-0.15, -0.1) is 11.3 Å². The van der Waals surface area contributed by atoms with Crippen LogP contribution in [0.15, 0.2) is 29.2 Å². The fourth-order valence-electron chi connectivity index (χ4n) is 5.15. The second kappa shape index (κ2) is 11.5. The van der Waals surface area contributed by atoms with Crippen molar-refractivity contribution in [2.24, 2.45) is 5.73 Å². The van der Waals surface area contributed by atoms with Crippen molar-refractivity contribution in [2.75, 3.05) is 18.4 Å². The van der Waals surface area contributed by atoms with Crippen LogP contribution in [-0.4, -0.2) is 60.6 Å². The predicted octanol–water partition coefficient (Wildman–Crippen LogP) is 3.53. The Labute approximate surface area is 227 Å². The van der Waals surface area contributed by atoms with E-state index in [-0.39, 0.29) is 22.1 Å². The molecule has 0 saturated carbocycles. The van der Waals surface area contributed by atoms with Crippen molar-refractivity contribution in [3.05, 3.63) is 45.8 Å². The number of nitrogens with zero attached hydrogens (tertiary/aromatic N) is 2. The number of nitrogens with two attached hydrogens (primary N) is 1. The molecule has 4 rings (SSSR count). The summed E-state index contributed by atoms with van der Waals surface area (Å²) in [5.74, 6) is -1.14. The van der Waals surface area contributed by atoms with E-state index in [2.05, 4.69) is 29.4 Å². The van der Waals surface area contributed by atoms with E-state index < -0.39 is 27.9 Å². The average molecular weight is 562 g/mol. The van der Waals surface area contributed by atoms with Gasteiger partial charge in [-0.3, -0.25) is 19.8 Å². The second-order valence-corrected chi connectivity index (χ2v) is 13.0. The number of anilines is 1. The molecule has 38 heavy (non-hydrogen) atoms. The monoisotopic (exact) mass is 561 g/mol. The van der Waals surface area contributed by atoms with E-state index in [4.69, 9.17) is 5.73 Å². The molecule has 4 amide bonds. The normalized spacial score (nSPS) is 18.7. The molecule has 1 atom stereocenters. The van der Waals surface area contributed by atoms with Gasteiger partial charge in [0.1, 0.15) is 5.00 Å². The molecule has 0 radical (unpaired) electrons. The van der Waals surface area contributed by atoms with Crippen LogP contribution in [0, 0.1) is 0 Å². The van der Waals surface area contributed by atoms with Crippen LogP contribution in [0.2, 0.25) is 0 Å². The molecule has 4 N–H and O–H groups in total. The van der Waals surface area contributed by atoms with Crippen molar-refractivity contribution >= 4 is 44.2 Å². The van der Waals surface area contributed by atoms with Gasteiger partial charge in [0, 0.05) is 42.2 Å². The molecule has 0 bridgehead atoms. The first-order chi connectivity index (χ1) is 18.0. The third-order valence-electron chi connectivity index (χ3n) is 7.28. The molecule has 3 heterocycles. The number of thiophene rings is 1. The van der Waals surface area contributed by atoms with Gasteiger partial charge in [0.15, 0.2) is 0 Å². The number of piperidine rings is 1. The van der Waals surface area contributed by atoms with Crippen LogP contribution < -0.4 is 16.4 Å². The first-order valence-corrected chi connectivity index (χ1v) is 15.2. The van der Waals surface area contributed by atoms with Crippen molar-refractivity contribution in [3.8, 4) is 0 Å². The van der Waals surface area contributed by atoms with Crippen molar-refractivity contribution in [2.45, 2.75) is 76.4 Å². The van der Waals surface area contributed by atoms with Gasteiger partial charge in [0.05, 0.1) is 10.5 Å². The van der Waals surface area contributed by atoms with E-state index in [9.17, 15) is 22.8 Å². The third-order valence-corrected chi connectivity index (χ3v) is 10.4. The van der Waals surface area contributed by atoms with Crippen molar-refractivity contribution in [1.82, 2.24) is 14.5 Å². The lowest BCUT2D eigenvalue weighted by Crippen LogP contribution is -2.43. The van der Waals surface area contributed by atoms with Crippen LogP contribution in [0.3, 0.4) is 0 Å². The molecule has 1 saturated heterocycles. The van der Waals surface area contributed by atoms with Gasteiger partial charge in [0.25, 0.3) is 11.8 Å². The third kappa shape index (κ3) is 5.78. The molecule has 206 valence electrons. The zero-order valence-corrected chi connectivity index (χ0v) is 23.6. The number of hydrogen-bond acceptors (Lipinski definition) is 7. The lowest BCUT2D eigenvalue weighted by Gasteiger charge is -2.34. The molecule has 12 heteroatoms. The number of sulfonamides is 1. The van der Waals surface area contributed by atoms with Gasteiger partial charge in [-0.05, 0) is 69.4 Å². The number of carbonyl (C=O) groups is 3. The van der Waals surface area contributed by atoms with E-state index in [1.54, 1.807) is 4.31 Å². The fourth-order valence-corrected chi connectivity index (χ4v) is 8.19. The molecule has 1 aromatic carbocycles. The van der Waals surface area contributed by atoms with Gasteiger partial charge < -0.3 is 11.1 Å². The van der Waals surface area contributed by atoms with E-state index in [0.29, 0.717) is 30.6 Å². The van der Waals surface area contributed by atoms with Crippen molar-refractivity contribution in [1.29, 1.82) is 0 Å². The van der Waals surface area contributed by atoms with Crippen molar-refractivity contribution < 1.29 is 22.8 Å². The minimum Gasteiger partial charge on any atom is -0.351 e. The maximum Gasteiger partial charge on any atom is 0.319 e. The smallest absolute Gasteiger partial charge is 0.319 e. The molecule has 0 spiro atoms. The summed E-state index contributed by atoms with van der Waals surface area (Å²) < 4.78 is 28.1. The fraction of sp³-hybridized carbons (Fsp3) is 0.500. The van der Waals surface area contributed by atoms with E-state index in [0.717, 1.165) is 42.7 Å². The lowest BCUT2D eigenvalue weighted by atomic mass is 10.0. The first-order valence-electron chi connectivity index (χ1n) is 13.0. The summed E-state index contributed by atoms with van der Waals surface area (Å²) in [6, 6.07) is 5.19. The Morgan fingerprint density at radius 3 is 2.45 bits per heavy atom. The Kier molecular flexibility index (Phi) is 8.55. The van der Waals surface area contributed by atoms with Gasteiger partial charge in [0.2, 0.25) is 10.0 Å². The summed E-state index contributed by atoms with van der Waals surface area (Å²) in [6.07, 6.45) is 4.06. The highest BCUT2D eigenvalue weighted by molar-refractivity contribution is 7.89. The lowest BCUT2D eigenvalue weighted by molar-refractivity contribution is 0.0965. The van der Waals surface area contributed by atoms with Crippen molar-refractivity contribution in [3.63, 3.8) is 0 Å². The molecule has 1 fully saturated rings. The second-order valence-electron chi connectivity index (χ2n) is 9.99. The molecule has 2 aliphatic rings. The van der Waals surface area contributed by atoms with E-state index >= 15 is 0 Å². The van der Waals surface area contributed by atoms with Gasteiger partial charge in [-0.1, -0.05) is 13.3 Å². The highest BCUT2D eigenvalue weighted by Gasteiger charge is 2.33. The molecular weight excluding hydrogens is 526 g/mol. The Morgan fingerprint density at radius 1 is 1.11 bits per heavy atom. The summed E-state index contributed by atoms with van der Waals surface area (Å²) in [4.78, 5) is 40.8. The van der Waals surface area contributed by atoms with E-state index in [1.807, 2.05) is 6.92 Å². The summed E-state index contributed by atoms with van der Waals surface area (Å²) in [7, 11) is -3.67. The molecule has 1 aromatic heterocycles. The van der Waals surface area contributed by atoms with Crippen LogP contribution in [0.25, 0.3) is 0 Å². The van der Waals surface area contributed by atoms with Gasteiger partial charge >= 0.3 is 6.03 Å². The number of carbonyl (C=O) groups excluding carboxylic acids is 3. The van der Waals surface area contributed by atoms with Crippen LogP contribution in [-0.2, 0) is 23.0 Å². The topological polar surface area (TPSA) is 142 Å². The van der Waals surface area contributed by atoms with Crippen LogP contribution in [0.1, 0.15) is 77.6 Å². The molecule has 2 aromatic rings. The molecule has 1 unspecified atom stereocenters. The number of fused-ring (bicyclic) bond motifs is 1. The molecule has 0 aliphatic carbocycles. The zero-order chi connectivity index (χ0) is 27.6. The number of benzene rings is 1. The Bertz CT molecular complexity index is 1320. The number of imide groups is 1. The van der Waals surface area contributed by atoms with Crippen LogP contribution in [0.4, 0.5) is 9.80 Å². The maximum absolute atomic E-state index is 13.3. The highest BCUT2D eigenvalue weighted by Crippen LogP contribution is 2.38. The quantitative estimate of drug-likeness (QED) is 0.472. The van der Waals surface area contributed by atoms with Crippen LogP contribution >= 0.6 is 11.3 Å². The van der Waals surface area contributed by atoms with Crippen LogP contribution in [0.5, 0.6) is 0 Å². The number of rotatable bonds is 7. The van der Waals surface area contributed by atoms with Gasteiger partial charge in [-0.2, -0.15) is 4.31 Å². The number of urea groups is 1. The molecular formula is C26H35N5O5S2. The number of primary amides is 1. The largest absolute Gasteiger partial charge is 0.351 e. The summed E-state index contributed by atoms with van der Waals surface area (Å²) in [5.41, 5.74) is 6.49. The minimum absolute atomic E-state index is 0.0156. The standard InChI is InChI=1S/C26H35N5O5S2/c1-4-18-7-5-6-13-31(18)38(35,36)19-10-8-17(9-11-19)23(32)28-25-22(24(33)29-26(27)34)20-12-14-30(16(2)3)15-21(20)37-25/h8-11,16,18H,4-7,12-15H2,1-3H3,(H,28,32)(H3,27,29,33,34). The average Bonchev–Trinajstić information content (AvgIpc) is 3.25. The SMILES string of the molecule is CCC1CCCCN1S(=O)(=O)c1ccc(C(=O)Nc2sc3c(c2C(=O)NC(N)=O)CCN(C(C)C)C3)cc1. The number of hydrogen-bond donors (Lipinski definition) is 3. The van der Waals surface area contributed by atoms with Gasteiger partial charge in [-0.25, -0.2) is 13.2 Å². The molecule has 10 nitrogen and oxygen atoms in total. The zero-order valence-electron chi connectivity index (χ0n) is 22.0. The number of nitrogens with one attached hydrogen (secondary N) is 2.